The minimum Gasteiger partial charge on any atom is -0.368 e. The molecule has 18 heavy (non-hydrogen) atoms. The van der Waals surface area contributed by atoms with Gasteiger partial charge < -0.3 is 5.73 Å². The molecule has 0 aliphatic rings. The van der Waals surface area contributed by atoms with E-state index in [1.165, 1.54) is 6.20 Å². The second-order valence-electron chi connectivity index (χ2n) is 3.73. The quantitative estimate of drug-likeness (QED) is 0.865. The van der Waals surface area contributed by atoms with Gasteiger partial charge in [-0.15, -0.1) is 0 Å². The van der Waals surface area contributed by atoms with Gasteiger partial charge in [0.05, 0.1) is 23.8 Å². The second-order valence-corrected chi connectivity index (χ2v) is 5.48. The summed E-state index contributed by atoms with van der Waals surface area (Å²) in [6.45, 7) is 0. The zero-order chi connectivity index (χ0) is 13.2. The third kappa shape index (κ3) is 2.95. The number of anilines is 2. The number of hydrogen-bond acceptors (Lipinski definition) is 5. The van der Waals surface area contributed by atoms with Crippen LogP contribution in [0, 0.1) is 0 Å². The van der Waals surface area contributed by atoms with Crippen molar-refractivity contribution in [1.29, 1.82) is 0 Å². The number of hydrogen-bond donors (Lipinski definition) is 2. The molecule has 0 atom stereocenters. The zero-order valence-electron chi connectivity index (χ0n) is 9.66. The van der Waals surface area contributed by atoms with Crippen molar-refractivity contribution in [2.24, 2.45) is 0 Å². The molecule has 2 rings (SSSR count). The predicted molar refractivity (Wildman–Crippen MR) is 70.3 cm³/mol. The molecule has 0 fully saturated rings. The minimum atomic E-state index is -3.39. The lowest BCUT2D eigenvalue weighted by Crippen LogP contribution is -2.12. The summed E-state index contributed by atoms with van der Waals surface area (Å²) in [6, 6.07) is 9.15. The molecule has 6 nitrogen and oxygen atoms in total. The smallest absolute Gasteiger partial charge is 0.229 e. The van der Waals surface area contributed by atoms with E-state index < -0.39 is 10.0 Å². The van der Waals surface area contributed by atoms with Gasteiger partial charge in [0, 0.05) is 5.56 Å². The fourth-order valence-electron chi connectivity index (χ4n) is 1.49. The largest absolute Gasteiger partial charge is 0.368 e. The maximum atomic E-state index is 11.3. The summed E-state index contributed by atoms with van der Waals surface area (Å²) in [6.07, 6.45) is 2.42. The van der Waals surface area contributed by atoms with Crippen LogP contribution in [0.25, 0.3) is 11.3 Å². The summed E-state index contributed by atoms with van der Waals surface area (Å²) >= 11 is 0. The van der Waals surface area contributed by atoms with Crippen LogP contribution in [0.3, 0.4) is 0 Å². The fraction of sp³-hybridized carbons (Fsp3) is 0.0909. The van der Waals surface area contributed by atoms with E-state index in [-0.39, 0.29) is 5.95 Å². The maximum Gasteiger partial charge on any atom is 0.229 e. The number of rotatable bonds is 3. The summed E-state index contributed by atoms with van der Waals surface area (Å²) in [5.41, 5.74) is 7.05. The molecule has 3 N–H and O–H groups in total. The first-order valence-electron chi connectivity index (χ1n) is 5.11. The van der Waals surface area contributed by atoms with Gasteiger partial charge in [-0.25, -0.2) is 18.4 Å². The van der Waals surface area contributed by atoms with E-state index in [0.717, 1.165) is 11.8 Å². The van der Waals surface area contributed by atoms with Crippen LogP contribution < -0.4 is 10.5 Å². The Bertz CT molecular complexity index is 656. The van der Waals surface area contributed by atoms with Crippen molar-refractivity contribution in [3.05, 3.63) is 36.5 Å². The SMILES string of the molecule is CS(=O)(=O)Nc1cnc(N)nc1-c1ccccc1. The first-order valence-corrected chi connectivity index (χ1v) is 7.00. The number of nitrogens with zero attached hydrogens (tertiary/aromatic N) is 2. The van der Waals surface area contributed by atoms with Crippen molar-refractivity contribution < 1.29 is 8.42 Å². The number of sulfonamides is 1. The average Bonchev–Trinajstić information content (AvgIpc) is 2.31. The molecule has 0 amide bonds. The molecule has 0 radical (unpaired) electrons. The van der Waals surface area contributed by atoms with Gasteiger partial charge in [-0.1, -0.05) is 30.3 Å². The van der Waals surface area contributed by atoms with Gasteiger partial charge in [-0.05, 0) is 0 Å². The molecule has 0 aliphatic heterocycles. The van der Waals surface area contributed by atoms with Gasteiger partial charge in [-0.3, -0.25) is 4.72 Å². The van der Waals surface area contributed by atoms with Gasteiger partial charge in [0.15, 0.2) is 0 Å². The zero-order valence-corrected chi connectivity index (χ0v) is 10.5. The first kappa shape index (κ1) is 12.3. The first-order chi connectivity index (χ1) is 8.46. The normalized spacial score (nSPS) is 11.2. The van der Waals surface area contributed by atoms with Crippen LogP contribution in [-0.2, 0) is 10.0 Å². The third-order valence-electron chi connectivity index (χ3n) is 2.15. The van der Waals surface area contributed by atoms with E-state index >= 15 is 0 Å². The molecule has 0 saturated carbocycles. The minimum absolute atomic E-state index is 0.0907. The Morgan fingerprint density at radius 3 is 2.50 bits per heavy atom. The van der Waals surface area contributed by atoms with Gasteiger partial charge in [0.1, 0.15) is 0 Å². The summed E-state index contributed by atoms with van der Waals surface area (Å²) < 4.78 is 24.9. The standard InChI is InChI=1S/C11H12N4O2S/c1-18(16,17)15-9-7-13-11(12)14-10(9)8-5-3-2-4-6-8/h2-7,15H,1H3,(H2,12,13,14). The monoisotopic (exact) mass is 264 g/mol. The second kappa shape index (κ2) is 4.61. The number of aromatic nitrogens is 2. The van der Waals surface area contributed by atoms with Gasteiger partial charge in [0.2, 0.25) is 16.0 Å². The molecule has 0 unspecified atom stereocenters. The highest BCUT2D eigenvalue weighted by molar-refractivity contribution is 7.92. The average molecular weight is 264 g/mol. The Balaban J connectivity index is 2.55. The van der Waals surface area contributed by atoms with Crippen LogP contribution in [0.15, 0.2) is 36.5 Å². The number of nitrogens with two attached hydrogens (primary N) is 1. The number of nitrogens with one attached hydrogen (secondary N) is 1. The summed E-state index contributed by atoms with van der Waals surface area (Å²) in [7, 11) is -3.39. The topological polar surface area (TPSA) is 98.0 Å². The van der Waals surface area contributed by atoms with Crippen LogP contribution in [0.4, 0.5) is 11.6 Å². The molecule has 7 heteroatoms. The molecule has 0 bridgehead atoms. The molecular weight excluding hydrogens is 252 g/mol. The summed E-state index contributed by atoms with van der Waals surface area (Å²) in [4.78, 5) is 7.86. The number of nitrogen functional groups attached to an aromatic ring is 1. The lowest BCUT2D eigenvalue weighted by Gasteiger charge is -2.09. The highest BCUT2D eigenvalue weighted by Crippen LogP contribution is 2.26. The van der Waals surface area contributed by atoms with E-state index in [4.69, 9.17) is 5.73 Å². The molecule has 0 spiro atoms. The van der Waals surface area contributed by atoms with Crippen molar-refractivity contribution in [3.8, 4) is 11.3 Å². The van der Waals surface area contributed by atoms with Gasteiger partial charge in [-0.2, -0.15) is 0 Å². The highest BCUT2D eigenvalue weighted by Gasteiger charge is 2.11. The predicted octanol–water partition coefficient (Wildman–Crippen LogP) is 1.10. The Hall–Kier alpha value is -2.15. The molecular formula is C11H12N4O2S. The van der Waals surface area contributed by atoms with Crippen molar-refractivity contribution in [2.75, 3.05) is 16.7 Å². The molecule has 1 aromatic heterocycles. The summed E-state index contributed by atoms with van der Waals surface area (Å²) in [5.74, 6) is 0.0907. The lowest BCUT2D eigenvalue weighted by atomic mass is 10.1. The Morgan fingerprint density at radius 1 is 1.22 bits per heavy atom. The van der Waals surface area contributed by atoms with Crippen LogP contribution >= 0.6 is 0 Å². The van der Waals surface area contributed by atoms with Crippen LogP contribution in [0.2, 0.25) is 0 Å². The molecule has 1 heterocycles. The Kier molecular flexibility index (Phi) is 3.15. The third-order valence-corrected chi connectivity index (χ3v) is 2.74. The summed E-state index contributed by atoms with van der Waals surface area (Å²) in [5, 5.41) is 0. The van der Waals surface area contributed by atoms with Crippen molar-refractivity contribution in [2.45, 2.75) is 0 Å². The Labute approximate surface area is 105 Å². The van der Waals surface area contributed by atoms with E-state index in [0.29, 0.717) is 11.4 Å². The molecule has 94 valence electrons. The highest BCUT2D eigenvalue weighted by atomic mass is 32.2. The van der Waals surface area contributed by atoms with Crippen LogP contribution in [-0.4, -0.2) is 24.6 Å². The maximum absolute atomic E-state index is 11.3. The van der Waals surface area contributed by atoms with Crippen molar-refractivity contribution in [1.82, 2.24) is 9.97 Å². The van der Waals surface area contributed by atoms with Crippen molar-refractivity contribution >= 4 is 21.7 Å². The van der Waals surface area contributed by atoms with E-state index in [1.807, 2.05) is 30.3 Å². The van der Waals surface area contributed by atoms with Gasteiger partial charge in [0.25, 0.3) is 0 Å². The van der Waals surface area contributed by atoms with E-state index in [9.17, 15) is 8.42 Å². The molecule has 1 aromatic carbocycles. The van der Waals surface area contributed by atoms with Crippen LogP contribution in [0.5, 0.6) is 0 Å². The van der Waals surface area contributed by atoms with Crippen molar-refractivity contribution in [3.63, 3.8) is 0 Å². The van der Waals surface area contributed by atoms with E-state index in [1.54, 1.807) is 0 Å². The lowest BCUT2D eigenvalue weighted by molar-refractivity contribution is 0.607. The van der Waals surface area contributed by atoms with E-state index in [2.05, 4.69) is 14.7 Å². The molecule has 2 aromatic rings. The number of benzene rings is 1. The van der Waals surface area contributed by atoms with Gasteiger partial charge >= 0.3 is 0 Å². The molecule has 0 aliphatic carbocycles. The molecule has 0 saturated heterocycles. The van der Waals surface area contributed by atoms with Crippen LogP contribution in [0.1, 0.15) is 0 Å². The fourth-order valence-corrected chi connectivity index (χ4v) is 2.03. The Morgan fingerprint density at radius 2 is 1.89 bits per heavy atom.